The van der Waals surface area contributed by atoms with Gasteiger partial charge in [-0.15, -0.1) is 0 Å². The van der Waals surface area contributed by atoms with E-state index in [2.05, 4.69) is 50.5 Å². The van der Waals surface area contributed by atoms with Gasteiger partial charge in [0.15, 0.2) is 0 Å². The van der Waals surface area contributed by atoms with Crippen LogP contribution in [0.15, 0.2) is 28.7 Å². The first-order valence-corrected chi connectivity index (χ1v) is 6.93. The van der Waals surface area contributed by atoms with Gasteiger partial charge in [-0.3, -0.25) is 0 Å². The van der Waals surface area contributed by atoms with Gasteiger partial charge in [0.05, 0.1) is 0 Å². The van der Waals surface area contributed by atoms with E-state index in [1.807, 2.05) is 0 Å². The van der Waals surface area contributed by atoms with Gasteiger partial charge in [0, 0.05) is 22.9 Å². The number of aryl methyl sites for hydroxylation is 1. The highest BCUT2D eigenvalue weighted by Gasteiger charge is 2.40. The standard InChI is InChI=1S/C16H21NO/c1-4-11-12-7-5-6-8-15(12)18-16(11)13-9-14(17-3)10(13)2/h5-8,10,13-14,17H,4,9H2,1-3H3. The summed E-state index contributed by atoms with van der Waals surface area (Å²) in [6.45, 7) is 4.54. The number of hydrogen-bond donors (Lipinski definition) is 1. The van der Waals surface area contributed by atoms with Crippen molar-refractivity contribution in [1.29, 1.82) is 0 Å². The smallest absolute Gasteiger partial charge is 0.134 e. The average Bonchev–Trinajstić information content (AvgIpc) is 2.75. The molecule has 3 unspecified atom stereocenters. The number of rotatable bonds is 3. The fraction of sp³-hybridized carbons (Fsp3) is 0.500. The Kier molecular flexibility index (Phi) is 2.90. The molecule has 2 nitrogen and oxygen atoms in total. The highest BCUT2D eigenvalue weighted by Crippen LogP contribution is 2.46. The normalized spacial score (nSPS) is 27.4. The molecule has 18 heavy (non-hydrogen) atoms. The van der Waals surface area contributed by atoms with E-state index < -0.39 is 0 Å². The minimum atomic E-state index is 0.588. The molecule has 3 atom stereocenters. The molecular formula is C16H21NO. The third-order valence-electron chi connectivity index (χ3n) is 4.57. The van der Waals surface area contributed by atoms with Gasteiger partial charge in [0.2, 0.25) is 0 Å². The second-order valence-electron chi connectivity index (χ2n) is 5.39. The molecule has 1 heterocycles. The Labute approximate surface area is 108 Å². The lowest BCUT2D eigenvalue weighted by molar-refractivity contribution is 0.172. The summed E-state index contributed by atoms with van der Waals surface area (Å²) in [7, 11) is 2.05. The summed E-state index contributed by atoms with van der Waals surface area (Å²) in [4.78, 5) is 0. The SMILES string of the molecule is CCc1c(C2CC(NC)C2C)oc2ccccc12. The first-order chi connectivity index (χ1) is 8.76. The molecule has 1 aromatic carbocycles. The van der Waals surface area contributed by atoms with Crippen LogP contribution in [-0.2, 0) is 6.42 Å². The van der Waals surface area contributed by atoms with Crippen LogP contribution >= 0.6 is 0 Å². The van der Waals surface area contributed by atoms with Crippen molar-refractivity contribution in [1.82, 2.24) is 5.32 Å². The van der Waals surface area contributed by atoms with Crippen LogP contribution < -0.4 is 5.32 Å². The lowest BCUT2D eigenvalue weighted by Gasteiger charge is -2.42. The van der Waals surface area contributed by atoms with Gasteiger partial charge in [-0.2, -0.15) is 0 Å². The Morgan fingerprint density at radius 2 is 2.11 bits per heavy atom. The van der Waals surface area contributed by atoms with Crippen molar-refractivity contribution >= 4 is 11.0 Å². The summed E-state index contributed by atoms with van der Waals surface area (Å²) in [5.41, 5.74) is 2.46. The molecule has 0 aliphatic heterocycles. The van der Waals surface area contributed by atoms with Gasteiger partial charge in [-0.25, -0.2) is 0 Å². The summed E-state index contributed by atoms with van der Waals surface area (Å²) in [6.07, 6.45) is 2.25. The van der Waals surface area contributed by atoms with Crippen molar-refractivity contribution in [3.8, 4) is 0 Å². The summed E-state index contributed by atoms with van der Waals surface area (Å²) < 4.78 is 6.13. The van der Waals surface area contributed by atoms with Crippen LogP contribution in [0.2, 0.25) is 0 Å². The largest absolute Gasteiger partial charge is 0.460 e. The van der Waals surface area contributed by atoms with E-state index in [0.717, 1.165) is 12.0 Å². The molecule has 0 saturated heterocycles. The maximum atomic E-state index is 6.13. The number of nitrogens with one attached hydrogen (secondary N) is 1. The Balaban J connectivity index is 2.02. The molecule has 0 bridgehead atoms. The highest BCUT2D eigenvalue weighted by molar-refractivity contribution is 5.82. The Morgan fingerprint density at radius 1 is 1.33 bits per heavy atom. The zero-order valence-corrected chi connectivity index (χ0v) is 11.4. The molecule has 1 saturated carbocycles. The minimum Gasteiger partial charge on any atom is -0.460 e. The van der Waals surface area contributed by atoms with Crippen LogP contribution in [0.5, 0.6) is 0 Å². The maximum Gasteiger partial charge on any atom is 0.134 e. The quantitative estimate of drug-likeness (QED) is 0.889. The predicted molar refractivity (Wildman–Crippen MR) is 75.0 cm³/mol. The predicted octanol–water partition coefficient (Wildman–Crippen LogP) is 3.71. The van der Waals surface area contributed by atoms with Gasteiger partial charge in [-0.05, 0) is 31.9 Å². The molecule has 3 rings (SSSR count). The van der Waals surface area contributed by atoms with Gasteiger partial charge in [0.1, 0.15) is 11.3 Å². The summed E-state index contributed by atoms with van der Waals surface area (Å²) in [5, 5.41) is 4.68. The van der Waals surface area contributed by atoms with Crippen LogP contribution in [0.4, 0.5) is 0 Å². The molecule has 1 aliphatic rings. The van der Waals surface area contributed by atoms with Crippen molar-refractivity contribution in [3.63, 3.8) is 0 Å². The first kappa shape index (κ1) is 11.8. The highest BCUT2D eigenvalue weighted by atomic mass is 16.3. The van der Waals surface area contributed by atoms with E-state index in [-0.39, 0.29) is 0 Å². The molecule has 0 amide bonds. The molecule has 1 aromatic heterocycles. The molecule has 2 heteroatoms. The van der Waals surface area contributed by atoms with Crippen LogP contribution in [0.3, 0.4) is 0 Å². The lowest BCUT2D eigenvalue weighted by Crippen LogP contribution is -2.46. The van der Waals surface area contributed by atoms with E-state index >= 15 is 0 Å². The fourth-order valence-corrected chi connectivity index (χ4v) is 3.30. The zero-order valence-electron chi connectivity index (χ0n) is 11.4. The third kappa shape index (κ3) is 1.59. The van der Waals surface area contributed by atoms with Crippen LogP contribution in [0.25, 0.3) is 11.0 Å². The van der Waals surface area contributed by atoms with E-state index in [1.54, 1.807) is 0 Å². The number of para-hydroxylation sites is 1. The van der Waals surface area contributed by atoms with Gasteiger partial charge in [-0.1, -0.05) is 32.0 Å². The molecule has 1 N–H and O–H groups in total. The minimum absolute atomic E-state index is 0.588. The van der Waals surface area contributed by atoms with E-state index in [4.69, 9.17) is 4.42 Å². The van der Waals surface area contributed by atoms with E-state index in [9.17, 15) is 0 Å². The first-order valence-electron chi connectivity index (χ1n) is 6.93. The molecule has 96 valence electrons. The monoisotopic (exact) mass is 243 g/mol. The number of benzene rings is 1. The second-order valence-corrected chi connectivity index (χ2v) is 5.39. The number of fused-ring (bicyclic) bond motifs is 1. The van der Waals surface area contributed by atoms with Crippen molar-refractivity contribution in [3.05, 3.63) is 35.6 Å². The van der Waals surface area contributed by atoms with Gasteiger partial charge >= 0.3 is 0 Å². The van der Waals surface area contributed by atoms with Crippen molar-refractivity contribution in [2.45, 2.75) is 38.6 Å². The lowest BCUT2D eigenvalue weighted by atomic mass is 9.68. The molecule has 1 fully saturated rings. The summed E-state index contributed by atoms with van der Waals surface area (Å²) in [6, 6.07) is 9.06. The third-order valence-corrected chi connectivity index (χ3v) is 4.57. The van der Waals surface area contributed by atoms with Crippen LogP contribution in [-0.4, -0.2) is 13.1 Å². The Morgan fingerprint density at radius 3 is 2.78 bits per heavy atom. The number of hydrogen-bond acceptors (Lipinski definition) is 2. The Bertz CT molecular complexity index is 557. The van der Waals surface area contributed by atoms with Crippen LogP contribution in [0.1, 0.15) is 37.5 Å². The molecular weight excluding hydrogens is 222 g/mol. The zero-order chi connectivity index (χ0) is 12.7. The van der Waals surface area contributed by atoms with Crippen LogP contribution in [0, 0.1) is 5.92 Å². The van der Waals surface area contributed by atoms with Crippen molar-refractivity contribution in [2.24, 2.45) is 5.92 Å². The molecule has 1 aliphatic carbocycles. The van der Waals surface area contributed by atoms with Gasteiger partial charge in [0.25, 0.3) is 0 Å². The summed E-state index contributed by atoms with van der Waals surface area (Å²) in [5.74, 6) is 2.49. The Hall–Kier alpha value is -1.28. The average molecular weight is 243 g/mol. The van der Waals surface area contributed by atoms with E-state index in [1.165, 1.54) is 23.1 Å². The van der Waals surface area contributed by atoms with Crippen molar-refractivity contribution in [2.75, 3.05) is 7.05 Å². The molecule has 0 radical (unpaired) electrons. The van der Waals surface area contributed by atoms with E-state index in [0.29, 0.717) is 17.9 Å². The molecule has 2 aromatic rings. The van der Waals surface area contributed by atoms with Gasteiger partial charge < -0.3 is 9.73 Å². The second kappa shape index (κ2) is 4.43. The maximum absolute atomic E-state index is 6.13. The topological polar surface area (TPSA) is 25.2 Å². The van der Waals surface area contributed by atoms with Crippen molar-refractivity contribution < 1.29 is 4.42 Å². The summed E-state index contributed by atoms with van der Waals surface area (Å²) >= 11 is 0. The number of furan rings is 1. The molecule has 0 spiro atoms. The fourth-order valence-electron chi connectivity index (χ4n) is 3.30.